The average Bonchev–Trinajstić information content (AvgIpc) is 2.51. The van der Waals surface area contributed by atoms with Crippen LogP contribution in [-0.4, -0.2) is 33.1 Å². The topological polar surface area (TPSA) is 121 Å². The maximum absolute atomic E-state index is 14.0. The van der Waals surface area contributed by atoms with Gasteiger partial charge in [-0.05, 0) is 12.5 Å². The number of carboxylic acid groups (broad SMARTS) is 2. The Balaban J connectivity index is 3.14. The minimum absolute atomic E-state index is 0.225. The standard InChI is InChI=1S/C12H10F5O7P/c13-5-3-4(8(14)10(16)9(5)15)11(17)25(22,23)24-6(12(20)21)1-2-7(18)19/h3,6,11H,1-2H2,(H,18,19)(H,20,21)(H,22,23). The molecule has 0 fully saturated rings. The molecule has 0 saturated heterocycles. The first kappa shape index (κ1) is 21.0. The Bertz CT molecular complexity index is 741. The van der Waals surface area contributed by atoms with Crippen LogP contribution in [0.25, 0.3) is 0 Å². The van der Waals surface area contributed by atoms with E-state index in [1.54, 1.807) is 0 Å². The lowest BCUT2D eigenvalue weighted by molar-refractivity contribution is -0.146. The number of carboxylic acids is 2. The van der Waals surface area contributed by atoms with E-state index in [1.807, 2.05) is 0 Å². The Morgan fingerprint density at radius 3 is 2.16 bits per heavy atom. The first-order chi connectivity index (χ1) is 11.4. The molecule has 3 unspecified atom stereocenters. The van der Waals surface area contributed by atoms with Crippen LogP contribution >= 0.6 is 7.60 Å². The van der Waals surface area contributed by atoms with E-state index >= 15 is 0 Å². The molecule has 140 valence electrons. The summed E-state index contributed by atoms with van der Waals surface area (Å²) >= 11 is 0. The molecule has 0 aliphatic rings. The molecule has 0 spiro atoms. The third kappa shape index (κ3) is 4.97. The number of hydrogen-bond acceptors (Lipinski definition) is 4. The summed E-state index contributed by atoms with van der Waals surface area (Å²) in [5.74, 6) is -16.0. The molecule has 0 radical (unpaired) electrons. The fourth-order valence-electron chi connectivity index (χ4n) is 1.65. The fourth-order valence-corrected chi connectivity index (χ4v) is 2.86. The number of halogens is 5. The Morgan fingerprint density at radius 1 is 1.12 bits per heavy atom. The highest BCUT2D eigenvalue weighted by atomic mass is 31.2. The van der Waals surface area contributed by atoms with E-state index in [4.69, 9.17) is 10.2 Å². The van der Waals surface area contributed by atoms with Gasteiger partial charge in [-0.1, -0.05) is 0 Å². The monoisotopic (exact) mass is 392 g/mol. The van der Waals surface area contributed by atoms with Crippen molar-refractivity contribution in [2.75, 3.05) is 0 Å². The number of benzene rings is 1. The summed E-state index contributed by atoms with van der Waals surface area (Å²) in [6.45, 7) is 0. The largest absolute Gasteiger partial charge is 0.481 e. The molecular weight excluding hydrogens is 382 g/mol. The molecule has 7 nitrogen and oxygen atoms in total. The van der Waals surface area contributed by atoms with Crippen molar-refractivity contribution in [3.05, 3.63) is 34.9 Å². The van der Waals surface area contributed by atoms with Crippen molar-refractivity contribution >= 4 is 19.5 Å². The lowest BCUT2D eigenvalue weighted by atomic mass is 10.2. The van der Waals surface area contributed by atoms with Gasteiger partial charge in [0, 0.05) is 12.0 Å². The lowest BCUT2D eigenvalue weighted by Crippen LogP contribution is -2.24. The van der Waals surface area contributed by atoms with Gasteiger partial charge in [0.15, 0.2) is 29.4 Å². The van der Waals surface area contributed by atoms with Gasteiger partial charge in [0.1, 0.15) is 0 Å². The number of hydrogen-bond donors (Lipinski definition) is 3. The van der Waals surface area contributed by atoms with Gasteiger partial charge in [-0.15, -0.1) is 0 Å². The van der Waals surface area contributed by atoms with Gasteiger partial charge in [0.25, 0.3) is 0 Å². The molecule has 1 aromatic rings. The van der Waals surface area contributed by atoms with Crippen LogP contribution in [-0.2, 0) is 18.7 Å². The molecule has 13 heteroatoms. The minimum Gasteiger partial charge on any atom is -0.481 e. The zero-order chi connectivity index (χ0) is 19.5. The summed E-state index contributed by atoms with van der Waals surface area (Å²) in [6.07, 6.45) is -3.96. The van der Waals surface area contributed by atoms with Crippen molar-refractivity contribution in [3.8, 4) is 0 Å². The molecule has 0 heterocycles. The van der Waals surface area contributed by atoms with Crippen molar-refractivity contribution < 1.29 is 55.7 Å². The highest BCUT2D eigenvalue weighted by molar-refractivity contribution is 7.53. The molecule has 0 bridgehead atoms. The Hall–Kier alpha value is -2.04. The van der Waals surface area contributed by atoms with Crippen molar-refractivity contribution in [1.82, 2.24) is 0 Å². The van der Waals surface area contributed by atoms with Crippen LogP contribution in [0.3, 0.4) is 0 Å². The first-order valence-corrected chi connectivity index (χ1v) is 7.95. The van der Waals surface area contributed by atoms with Gasteiger partial charge in [-0.2, -0.15) is 0 Å². The summed E-state index contributed by atoms with van der Waals surface area (Å²) in [7, 11) is -5.69. The van der Waals surface area contributed by atoms with Crippen LogP contribution in [0.2, 0.25) is 0 Å². The number of rotatable bonds is 8. The summed E-state index contributed by atoms with van der Waals surface area (Å²) in [4.78, 5) is 30.7. The second-order valence-electron chi connectivity index (χ2n) is 4.65. The summed E-state index contributed by atoms with van der Waals surface area (Å²) < 4.78 is 82.3. The average molecular weight is 392 g/mol. The van der Waals surface area contributed by atoms with Crippen molar-refractivity contribution in [2.45, 2.75) is 24.9 Å². The predicted molar refractivity (Wildman–Crippen MR) is 69.3 cm³/mol. The van der Waals surface area contributed by atoms with Crippen molar-refractivity contribution in [2.24, 2.45) is 0 Å². The number of aliphatic carboxylic acids is 2. The molecule has 0 aromatic heterocycles. The highest BCUT2D eigenvalue weighted by Gasteiger charge is 2.41. The van der Waals surface area contributed by atoms with Gasteiger partial charge in [-0.25, -0.2) is 26.7 Å². The zero-order valence-corrected chi connectivity index (χ0v) is 12.9. The minimum atomic E-state index is -5.69. The van der Waals surface area contributed by atoms with Crippen LogP contribution in [0.1, 0.15) is 24.3 Å². The highest BCUT2D eigenvalue weighted by Crippen LogP contribution is 2.59. The van der Waals surface area contributed by atoms with E-state index in [-0.39, 0.29) is 6.07 Å². The molecule has 25 heavy (non-hydrogen) atoms. The molecular formula is C12H10F5O7P. The van der Waals surface area contributed by atoms with Crippen LogP contribution in [0, 0.1) is 23.3 Å². The van der Waals surface area contributed by atoms with E-state index in [0.717, 1.165) is 0 Å². The van der Waals surface area contributed by atoms with Gasteiger partial charge in [0.05, 0.1) is 0 Å². The van der Waals surface area contributed by atoms with E-state index < -0.39 is 73.2 Å². The smallest absolute Gasteiger partial charge is 0.367 e. The summed E-state index contributed by atoms with van der Waals surface area (Å²) in [6, 6.07) is -0.225. The molecule has 0 saturated carbocycles. The Labute approximate surface area is 136 Å². The van der Waals surface area contributed by atoms with Crippen molar-refractivity contribution in [1.29, 1.82) is 0 Å². The maximum atomic E-state index is 14.0. The van der Waals surface area contributed by atoms with E-state index in [9.17, 15) is 41.0 Å². The van der Waals surface area contributed by atoms with E-state index in [2.05, 4.69) is 4.52 Å². The molecule has 0 amide bonds. The van der Waals surface area contributed by atoms with Gasteiger partial charge < -0.3 is 15.1 Å². The first-order valence-electron chi connectivity index (χ1n) is 6.31. The fraction of sp³-hybridized carbons (Fsp3) is 0.333. The lowest BCUT2D eigenvalue weighted by Gasteiger charge is -2.21. The molecule has 0 aliphatic carbocycles. The second kappa shape index (κ2) is 7.89. The number of carbonyl (C=O) groups is 2. The summed E-state index contributed by atoms with van der Waals surface area (Å²) in [5, 5.41) is 17.2. The van der Waals surface area contributed by atoms with Crippen molar-refractivity contribution in [3.63, 3.8) is 0 Å². The molecule has 1 rings (SSSR count). The third-order valence-corrected chi connectivity index (χ3v) is 4.26. The Kier molecular flexibility index (Phi) is 6.63. The van der Waals surface area contributed by atoms with Crippen LogP contribution in [0.5, 0.6) is 0 Å². The number of alkyl halides is 1. The molecule has 1 aromatic carbocycles. The maximum Gasteiger partial charge on any atom is 0.367 e. The quantitative estimate of drug-likeness (QED) is 0.269. The normalized spacial score (nSPS) is 16.1. The predicted octanol–water partition coefficient (Wildman–Crippen LogP) is 2.73. The van der Waals surface area contributed by atoms with Gasteiger partial charge >= 0.3 is 19.5 Å². The molecule has 0 aliphatic heterocycles. The zero-order valence-electron chi connectivity index (χ0n) is 12.0. The molecule has 3 N–H and O–H groups in total. The Morgan fingerprint density at radius 2 is 1.68 bits per heavy atom. The SMILES string of the molecule is O=C(O)CCC(OP(=O)(O)C(F)c1cc(F)c(F)c(F)c1F)C(=O)O. The summed E-state index contributed by atoms with van der Waals surface area (Å²) in [5.41, 5.74) is -1.70. The van der Waals surface area contributed by atoms with E-state index in [1.165, 1.54) is 0 Å². The van der Waals surface area contributed by atoms with Gasteiger partial charge in [-0.3, -0.25) is 13.9 Å². The van der Waals surface area contributed by atoms with Crippen LogP contribution in [0.15, 0.2) is 6.07 Å². The van der Waals surface area contributed by atoms with Gasteiger partial charge in [0.2, 0.25) is 5.91 Å². The third-order valence-electron chi connectivity index (χ3n) is 2.85. The molecule has 3 atom stereocenters. The van der Waals surface area contributed by atoms with Crippen LogP contribution < -0.4 is 0 Å². The van der Waals surface area contributed by atoms with Crippen LogP contribution in [0.4, 0.5) is 22.0 Å². The van der Waals surface area contributed by atoms with E-state index in [0.29, 0.717) is 0 Å². The second-order valence-corrected chi connectivity index (χ2v) is 6.45.